The largest absolute Gasteiger partial charge is 0.173 e. The zero-order valence-electron chi connectivity index (χ0n) is 6.19. The van der Waals surface area contributed by atoms with E-state index in [2.05, 4.69) is 19.6 Å². The molecule has 1 heteroatoms. The molecule has 54 valence electrons. The lowest BCUT2D eigenvalue weighted by Crippen LogP contribution is -2.14. The minimum Gasteiger partial charge on any atom is -0.173 e. The second-order valence-corrected chi connectivity index (χ2v) is 4.13. The van der Waals surface area contributed by atoms with Crippen molar-refractivity contribution in [2.45, 2.75) is 50.2 Å². The summed E-state index contributed by atoms with van der Waals surface area (Å²) in [5.74, 6) is 0. The van der Waals surface area contributed by atoms with E-state index in [4.69, 9.17) is 0 Å². The summed E-state index contributed by atoms with van der Waals surface area (Å²) in [6.45, 7) is 2.25. The van der Waals surface area contributed by atoms with Gasteiger partial charge in [0.15, 0.2) is 0 Å². The van der Waals surface area contributed by atoms with Gasteiger partial charge in [-0.3, -0.25) is 0 Å². The maximum atomic E-state index is 4.66. The van der Waals surface area contributed by atoms with Crippen LogP contribution in [0.15, 0.2) is 0 Å². The average molecular weight is 144 g/mol. The fourth-order valence-electron chi connectivity index (χ4n) is 1.75. The third-order valence-corrected chi connectivity index (χ3v) is 2.92. The number of hydrogen-bond acceptors (Lipinski definition) is 1. The molecule has 0 heterocycles. The van der Waals surface area contributed by atoms with Gasteiger partial charge >= 0.3 is 0 Å². The first kappa shape index (κ1) is 7.46. The second kappa shape index (κ2) is 2.96. The molecule has 0 unspecified atom stereocenters. The molecular weight excluding hydrogens is 128 g/mol. The van der Waals surface area contributed by atoms with Crippen LogP contribution in [0.5, 0.6) is 0 Å². The van der Waals surface area contributed by atoms with E-state index < -0.39 is 0 Å². The Balaban J connectivity index is 2.32. The summed E-state index contributed by atoms with van der Waals surface area (Å²) in [5, 5.41) is 0. The van der Waals surface area contributed by atoms with E-state index in [1.807, 2.05) is 0 Å². The molecule has 0 radical (unpaired) electrons. The van der Waals surface area contributed by atoms with Crippen molar-refractivity contribution in [3.8, 4) is 0 Å². The van der Waals surface area contributed by atoms with Gasteiger partial charge in [0, 0.05) is 4.75 Å². The first-order valence-electron chi connectivity index (χ1n) is 3.99. The Hall–Kier alpha value is 0.350. The Kier molecular flexibility index (Phi) is 2.45. The van der Waals surface area contributed by atoms with Gasteiger partial charge in [0.25, 0.3) is 0 Å². The van der Waals surface area contributed by atoms with Gasteiger partial charge in [0.05, 0.1) is 0 Å². The van der Waals surface area contributed by atoms with Gasteiger partial charge in [0.1, 0.15) is 0 Å². The molecule has 0 aromatic heterocycles. The van der Waals surface area contributed by atoms with Crippen LogP contribution in [-0.4, -0.2) is 4.75 Å². The zero-order chi connectivity index (χ0) is 6.74. The van der Waals surface area contributed by atoms with E-state index in [0.717, 1.165) is 0 Å². The predicted molar refractivity (Wildman–Crippen MR) is 45.1 cm³/mol. The Bertz CT molecular complexity index is 82.6. The molecule has 0 bridgehead atoms. The van der Waals surface area contributed by atoms with Crippen molar-refractivity contribution in [1.29, 1.82) is 0 Å². The van der Waals surface area contributed by atoms with Crippen LogP contribution in [0, 0.1) is 0 Å². The summed E-state index contributed by atoms with van der Waals surface area (Å²) in [4.78, 5) is 0. The maximum absolute atomic E-state index is 4.66. The summed E-state index contributed by atoms with van der Waals surface area (Å²) in [5.41, 5.74) is 0. The van der Waals surface area contributed by atoms with Crippen LogP contribution in [0.3, 0.4) is 0 Å². The van der Waals surface area contributed by atoms with E-state index in [9.17, 15) is 0 Å². The van der Waals surface area contributed by atoms with Crippen molar-refractivity contribution < 1.29 is 0 Å². The molecule has 0 amide bonds. The molecular formula is C8H16S. The Labute approximate surface area is 63.4 Å². The normalized spacial score (nSPS) is 24.7. The van der Waals surface area contributed by atoms with Gasteiger partial charge in [0.2, 0.25) is 0 Å². The number of thiol groups is 1. The molecule has 9 heavy (non-hydrogen) atoms. The third kappa shape index (κ3) is 1.89. The van der Waals surface area contributed by atoms with Gasteiger partial charge in [-0.15, -0.1) is 0 Å². The molecule has 0 nitrogen and oxygen atoms in total. The fourth-order valence-corrected chi connectivity index (χ4v) is 2.29. The van der Waals surface area contributed by atoms with Crippen LogP contribution in [0.4, 0.5) is 0 Å². The summed E-state index contributed by atoms with van der Waals surface area (Å²) in [7, 11) is 0. The topological polar surface area (TPSA) is 0 Å². The molecule has 0 atom stereocenters. The van der Waals surface area contributed by atoms with Crippen molar-refractivity contribution >= 4 is 12.6 Å². The predicted octanol–water partition coefficient (Wildman–Crippen LogP) is 3.03. The van der Waals surface area contributed by atoms with Crippen LogP contribution >= 0.6 is 12.6 Å². The highest BCUT2D eigenvalue weighted by molar-refractivity contribution is 7.81. The van der Waals surface area contributed by atoms with E-state index >= 15 is 0 Å². The Morgan fingerprint density at radius 3 is 2.33 bits per heavy atom. The molecule has 0 aromatic rings. The summed E-state index contributed by atoms with van der Waals surface area (Å²) in [6, 6.07) is 0. The molecule has 1 fully saturated rings. The first-order chi connectivity index (χ1) is 4.27. The monoisotopic (exact) mass is 144 g/mol. The fraction of sp³-hybridized carbons (Fsp3) is 1.00. The van der Waals surface area contributed by atoms with Crippen LogP contribution in [-0.2, 0) is 0 Å². The zero-order valence-corrected chi connectivity index (χ0v) is 7.08. The molecule has 0 aromatic carbocycles. The highest BCUT2D eigenvalue weighted by atomic mass is 32.1. The lowest BCUT2D eigenvalue weighted by Gasteiger charge is -2.20. The molecule has 0 aliphatic heterocycles. The van der Waals surface area contributed by atoms with Crippen LogP contribution in [0.25, 0.3) is 0 Å². The lowest BCUT2D eigenvalue weighted by atomic mass is 10.0. The average Bonchev–Trinajstić information content (AvgIpc) is 2.16. The minimum absolute atomic E-state index is 0.439. The van der Waals surface area contributed by atoms with Crippen LogP contribution in [0.1, 0.15) is 45.4 Å². The van der Waals surface area contributed by atoms with Gasteiger partial charge in [-0.05, 0) is 19.3 Å². The van der Waals surface area contributed by atoms with Crippen LogP contribution < -0.4 is 0 Å². The molecule has 1 aliphatic rings. The minimum atomic E-state index is 0.439. The smallest absolute Gasteiger partial charge is 0.0129 e. The van der Waals surface area contributed by atoms with Crippen molar-refractivity contribution in [2.75, 3.05) is 0 Å². The highest BCUT2D eigenvalue weighted by Gasteiger charge is 2.27. The van der Waals surface area contributed by atoms with Gasteiger partial charge in [-0.1, -0.05) is 26.2 Å². The quantitative estimate of drug-likeness (QED) is 0.566. The highest BCUT2D eigenvalue weighted by Crippen LogP contribution is 2.38. The van der Waals surface area contributed by atoms with E-state index in [1.54, 1.807) is 0 Å². The third-order valence-electron chi connectivity index (χ3n) is 2.25. The number of rotatable bonds is 2. The van der Waals surface area contributed by atoms with Crippen molar-refractivity contribution in [1.82, 2.24) is 0 Å². The second-order valence-electron chi connectivity index (χ2n) is 3.18. The van der Waals surface area contributed by atoms with Gasteiger partial charge in [-0.25, -0.2) is 0 Å². The summed E-state index contributed by atoms with van der Waals surface area (Å²) >= 11 is 4.66. The van der Waals surface area contributed by atoms with E-state index in [0.29, 0.717) is 4.75 Å². The molecule has 0 spiro atoms. The van der Waals surface area contributed by atoms with Gasteiger partial charge in [-0.2, -0.15) is 12.6 Å². The number of hydrogen-bond donors (Lipinski definition) is 1. The standard InChI is InChI=1S/C8H16S/c1-2-5-8(9)6-3-4-7-8/h9H,2-7H2,1H3. The maximum Gasteiger partial charge on any atom is 0.0129 e. The van der Waals surface area contributed by atoms with Crippen molar-refractivity contribution in [3.05, 3.63) is 0 Å². The molecule has 1 aliphatic carbocycles. The SMILES string of the molecule is CCCC1(S)CCCC1. The van der Waals surface area contributed by atoms with Gasteiger partial charge < -0.3 is 0 Å². The van der Waals surface area contributed by atoms with E-state index in [-0.39, 0.29) is 0 Å². The Morgan fingerprint density at radius 1 is 1.33 bits per heavy atom. The molecule has 1 rings (SSSR count). The molecule has 1 saturated carbocycles. The molecule has 0 saturated heterocycles. The van der Waals surface area contributed by atoms with Crippen molar-refractivity contribution in [2.24, 2.45) is 0 Å². The Morgan fingerprint density at radius 2 is 1.89 bits per heavy atom. The molecule has 0 N–H and O–H groups in total. The van der Waals surface area contributed by atoms with Crippen molar-refractivity contribution in [3.63, 3.8) is 0 Å². The van der Waals surface area contributed by atoms with Crippen LogP contribution in [0.2, 0.25) is 0 Å². The van der Waals surface area contributed by atoms with E-state index in [1.165, 1.54) is 38.5 Å². The summed E-state index contributed by atoms with van der Waals surface area (Å²) in [6.07, 6.45) is 8.13. The lowest BCUT2D eigenvalue weighted by molar-refractivity contribution is 0.553. The first-order valence-corrected chi connectivity index (χ1v) is 4.44. The summed E-state index contributed by atoms with van der Waals surface area (Å²) < 4.78 is 0.439.